The Morgan fingerprint density at radius 3 is 1.56 bits per heavy atom. The minimum atomic E-state index is 0. The smallest absolute Gasteiger partial charge is 1.00 e. The van der Waals surface area contributed by atoms with Crippen LogP contribution in [-0.2, 0) is 20.8 Å². The summed E-state index contributed by atoms with van der Waals surface area (Å²) in [6, 6.07) is 6.41. The van der Waals surface area contributed by atoms with Crippen LogP contribution in [0.1, 0.15) is 50.7 Å². The Bertz CT molecular complexity index is 288. The SMILES string of the molecule is CC(C)c1cccc(C(C)C)c1[O][Ti+2].[Cl-].[Cl-]. The van der Waals surface area contributed by atoms with Crippen molar-refractivity contribution in [1.29, 1.82) is 0 Å². The normalized spacial score (nSPS) is 9.75. The van der Waals surface area contributed by atoms with E-state index in [0.717, 1.165) is 5.75 Å². The first-order valence-corrected chi connectivity index (χ1v) is 5.68. The molecule has 0 heterocycles. The van der Waals surface area contributed by atoms with Gasteiger partial charge in [0.2, 0.25) is 0 Å². The van der Waals surface area contributed by atoms with Crippen molar-refractivity contribution >= 4 is 0 Å². The minimum Gasteiger partial charge on any atom is -1.00 e. The molecule has 0 spiro atoms. The van der Waals surface area contributed by atoms with Crippen molar-refractivity contribution in [2.45, 2.75) is 39.5 Å². The summed E-state index contributed by atoms with van der Waals surface area (Å²) in [4.78, 5) is 0. The van der Waals surface area contributed by atoms with Gasteiger partial charge in [0.15, 0.2) is 0 Å². The molecule has 16 heavy (non-hydrogen) atoms. The van der Waals surface area contributed by atoms with E-state index < -0.39 is 0 Å². The minimum absolute atomic E-state index is 0. The molecule has 0 aliphatic rings. The first-order chi connectivity index (χ1) is 6.57. The molecule has 0 atom stereocenters. The van der Waals surface area contributed by atoms with Crippen LogP contribution >= 0.6 is 0 Å². The van der Waals surface area contributed by atoms with E-state index in [1.807, 2.05) is 0 Å². The number of hydrogen-bond donors (Lipinski definition) is 0. The molecule has 0 radical (unpaired) electrons. The maximum absolute atomic E-state index is 5.50. The zero-order valence-corrected chi connectivity index (χ0v) is 13.1. The van der Waals surface area contributed by atoms with Crippen molar-refractivity contribution in [1.82, 2.24) is 0 Å². The van der Waals surface area contributed by atoms with E-state index in [1.54, 1.807) is 20.8 Å². The Labute approximate surface area is 123 Å². The van der Waals surface area contributed by atoms with Crippen LogP contribution in [0.15, 0.2) is 18.2 Å². The van der Waals surface area contributed by atoms with Gasteiger partial charge in [0, 0.05) is 0 Å². The Kier molecular flexibility index (Phi) is 9.82. The molecule has 0 aromatic heterocycles. The molecule has 0 saturated carbocycles. The van der Waals surface area contributed by atoms with Crippen molar-refractivity contribution in [3.63, 3.8) is 0 Å². The molecule has 1 rings (SSSR count). The third kappa shape index (κ3) is 4.29. The van der Waals surface area contributed by atoms with E-state index >= 15 is 0 Å². The van der Waals surface area contributed by atoms with Crippen LogP contribution < -0.4 is 28.1 Å². The topological polar surface area (TPSA) is 9.23 Å². The van der Waals surface area contributed by atoms with Gasteiger partial charge in [-0.15, -0.1) is 0 Å². The molecule has 4 heteroatoms. The Morgan fingerprint density at radius 1 is 0.938 bits per heavy atom. The fourth-order valence-corrected chi connectivity index (χ4v) is 1.97. The molecular weight excluding hydrogens is 279 g/mol. The van der Waals surface area contributed by atoms with E-state index in [0.29, 0.717) is 11.8 Å². The van der Waals surface area contributed by atoms with Gasteiger partial charge in [-0.25, -0.2) is 0 Å². The van der Waals surface area contributed by atoms with Gasteiger partial charge >= 0.3 is 98.7 Å². The summed E-state index contributed by atoms with van der Waals surface area (Å²) in [6.45, 7) is 8.79. The fourth-order valence-electron chi connectivity index (χ4n) is 1.60. The van der Waals surface area contributed by atoms with Crippen LogP contribution in [0.3, 0.4) is 0 Å². The van der Waals surface area contributed by atoms with E-state index in [-0.39, 0.29) is 24.8 Å². The van der Waals surface area contributed by atoms with E-state index in [4.69, 9.17) is 3.32 Å². The standard InChI is InChI=1S/C12H18O.2ClH.Ti/c1-8(2)10-6-5-7-11(9(3)4)12(10)13;;;/h5-9,13H,1-4H3;2*1H;/q;;;+3/p-3. The van der Waals surface area contributed by atoms with Crippen molar-refractivity contribution in [3.05, 3.63) is 29.3 Å². The fraction of sp³-hybridized carbons (Fsp3) is 0.500. The molecule has 1 nitrogen and oxygen atoms in total. The number of hydrogen-bond acceptors (Lipinski definition) is 1. The molecule has 89 valence electrons. The first kappa shape index (κ1) is 18.7. The summed E-state index contributed by atoms with van der Waals surface area (Å²) >= 11 is 1.76. The number of para-hydroxylation sites is 1. The van der Waals surface area contributed by atoms with E-state index in [2.05, 4.69) is 45.9 Å². The molecule has 0 N–H and O–H groups in total. The summed E-state index contributed by atoms with van der Waals surface area (Å²) in [6.07, 6.45) is 0. The van der Waals surface area contributed by atoms with Gasteiger partial charge < -0.3 is 24.8 Å². The second kappa shape index (κ2) is 8.41. The Balaban J connectivity index is 0. The van der Waals surface area contributed by atoms with Crippen molar-refractivity contribution < 1.29 is 49.0 Å². The van der Waals surface area contributed by atoms with Crippen LogP contribution in [0.2, 0.25) is 0 Å². The summed E-state index contributed by atoms with van der Waals surface area (Å²) in [5.74, 6) is 2.10. The van der Waals surface area contributed by atoms with Gasteiger partial charge in [-0.05, 0) is 0 Å². The van der Waals surface area contributed by atoms with Crippen molar-refractivity contribution in [3.8, 4) is 5.75 Å². The molecule has 1 aromatic carbocycles. The molecule has 0 saturated heterocycles. The van der Waals surface area contributed by atoms with Crippen LogP contribution in [0, 0.1) is 0 Å². The van der Waals surface area contributed by atoms with Gasteiger partial charge in [-0.3, -0.25) is 0 Å². The zero-order chi connectivity index (χ0) is 10.7. The molecule has 0 bridgehead atoms. The molecule has 0 amide bonds. The van der Waals surface area contributed by atoms with Crippen LogP contribution in [0.25, 0.3) is 0 Å². The van der Waals surface area contributed by atoms with Gasteiger partial charge in [0.25, 0.3) is 0 Å². The third-order valence-corrected chi connectivity index (χ3v) is 2.74. The summed E-state index contributed by atoms with van der Waals surface area (Å²) < 4.78 is 5.50. The number of rotatable bonds is 3. The van der Waals surface area contributed by atoms with Crippen molar-refractivity contribution in [2.24, 2.45) is 0 Å². The molecule has 0 aliphatic heterocycles. The molecular formula is C12H17Cl2OTi. The second-order valence-electron chi connectivity index (χ2n) is 4.18. The second-order valence-corrected chi connectivity index (χ2v) is 4.50. The van der Waals surface area contributed by atoms with Gasteiger partial charge in [-0.2, -0.15) is 0 Å². The average molecular weight is 296 g/mol. The number of halogens is 2. The zero-order valence-electron chi connectivity index (χ0n) is 10.1. The quantitative estimate of drug-likeness (QED) is 0.574. The largest absolute Gasteiger partial charge is 1.00 e. The maximum Gasteiger partial charge on any atom is -1.00 e. The van der Waals surface area contributed by atoms with Crippen LogP contribution in [0.5, 0.6) is 5.75 Å². The Morgan fingerprint density at radius 2 is 1.31 bits per heavy atom. The predicted octanol–water partition coefficient (Wildman–Crippen LogP) is -2.22. The Hall–Kier alpha value is 0.314. The van der Waals surface area contributed by atoms with Gasteiger partial charge in [0.05, 0.1) is 0 Å². The van der Waals surface area contributed by atoms with E-state index in [1.165, 1.54) is 11.1 Å². The average Bonchev–Trinajstić information content (AvgIpc) is 2.16. The molecule has 1 aromatic rings. The first-order valence-electron chi connectivity index (χ1n) is 5.04. The maximum atomic E-state index is 5.50. The molecule has 0 aliphatic carbocycles. The van der Waals surface area contributed by atoms with Crippen LogP contribution in [-0.4, -0.2) is 0 Å². The molecule has 0 fully saturated rings. The van der Waals surface area contributed by atoms with Gasteiger partial charge in [-0.1, -0.05) is 0 Å². The third-order valence-electron chi connectivity index (χ3n) is 2.42. The monoisotopic (exact) mass is 295 g/mol. The van der Waals surface area contributed by atoms with E-state index in [9.17, 15) is 0 Å². The van der Waals surface area contributed by atoms with Gasteiger partial charge in [0.1, 0.15) is 0 Å². The predicted molar refractivity (Wildman–Crippen MR) is 55.2 cm³/mol. The summed E-state index contributed by atoms with van der Waals surface area (Å²) in [5, 5.41) is 0. The van der Waals surface area contributed by atoms with Crippen molar-refractivity contribution in [2.75, 3.05) is 0 Å². The summed E-state index contributed by atoms with van der Waals surface area (Å²) in [7, 11) is 0. The summed E-state index contributed by atoms with van der Waals surface area (Å²) in [5.41, 5.74) is 2.61. The number of benzene rings is 1. The molecule has 0 unspecified atom stereocenters. The van der Waals surface area contributed by atoms with Crippen LogP contribution in [0.4, 0.5) is 0 Å².